The average Bonchev–Trinajstić information content (AvgIpc) is 2.69. The molecule has 1 aliphatic heterocycles. The number of hydrogen-bond donors (Lipinski definition) is 6. The number of phenolic OH excluding ortho intramolecular Hbond substituents is 1. The number of aliphatic hydroxyl groups is 4. The van der Waals surface area contributed by atoms with E-state index in [1.165, 1.54) is 0 Å². The number of phenols is 1. The van der Waals surface area contributed by atoms with Gasteiger partial charge >= 0.3 is 5.63 Å². The SMILES string of the molecule is O=c1oc2c(F)c(O)c(F)cc2c(CS(=O)(=O)O)c1O[C@@H]1O[C@H](CO)[C@H](O)[C@H](O)[C@H]1O. The molecular formula is C16H16F2O12S. The standard InChI is InChI=1S/C16H16F2O12S/c17-6-1-4-5(3-31(25,26)27)14(15(24)29-13(4)8(18)9(6)20)30-16-12(23)11(22)10(21)7(2-19)28-16/h1,7,10-12,16,19-23H,2-3H2,(H,25,26,27)/t7-,10+,11+,12-,16+/m1/s1. The molecule has 0 aliphatic carbocycles. The molecule has 31 heavy (non-hydrogen) atoms. The number of aromatic hydroxyl groups is 1. The summed E-state index contributed by atoms with van der Waals surface area (Å²) in [4.78, 5) is 12.4. The van der Waals surface area contributed by atoms with Gasteiger partial charge in [-0.15, -0.1) is 0 Å². The smallest absolute Gasteiger partial charge is 0.379 e. The predicted octanol–water partition coefficient (Wildman–Crippen LogP) is -1.66. The highest BCUT2D eigenvalue weighted by Crippen LogP contribution is 2.35. The number of ether oxygens (including phenoxy) is 2. The molecule has 0 radical (unpaired) electrons. The van der Waals surface area contributed by atoms with Crippen LogP contribution < -0.4 is 10.4 Å². The van der Waals surface area contributed by atoms with E-state index >= 15 is 0 Å². The van der Waals surface area contributed by atoms with Crippen molar-refractivity contribution in [1.29, 1.82) is 0 Å². The summed E-state index contributed by atoms with van der Waals surface area (Å²) in [5.41, 5.74) is -3.44. The van der Waals surface area contributed by atoms with Gasteiger partial charge in [-0.05, 0) is 6.07 Å². The molecule has 172 valence electrons. The van der Waals surface area contributed by atoms with E-state index in [4.69, 9.17) is 9.47 Å². The van der Waals surface area contributed by atoms with Gasteiger partial charge in [0.1, 0.15) is 30.2 Å². The zero-order chi connectivity index (χ0) is 23.2. The molecule has 6 N–H and O–H groups in total. The van der Waals surface area contributed by atoms with Gasteiger partial charge in [0.05, 0.1) is 6.61 Å². The van der Waals surface area contributed by atoms with Gasteiger partial charge in [-0.1, -0.05) is 0 Å². The minimum absolute atomic E-state index is 0.414. The number of rotatable bonds is 5. The molecule has 1 saturated heterocycles. The Morgan fingerprint density at radius 1 is 1.13 bits per heavy atom. The van der Waals surface area contributed by atoms with Crippen LogP contribution in [0.15, 0.2) is 15.3 Å². The van der Waals surface area contributed by atoms with Crippen molar-refractivity contribution < 1.29 is 61.2 Å². The predicted molar refractivity (Wildman–Crippen MR) is 93.7 cm³/mol. The molecule has 0 spiro atoms. The number of aliphatic hydroxyl groups excluding tert-OH is 4. The number of halogens is 2. The van der Waals surface area contributed by atoms with E-state index in [-0.39, 0.29) is 0 Å². The summed E-state index contributed by atoms with van der Waals surface area (Å²) in [5, 5.41) is 47.5. The third kappa shape index (κ3) is 4.33. The molecule has 0 unspecified atom stereocenters. The van der Waals surface area contributed by atoms with Crippen molar-refractivity contribution in [2.45, 2.75) is 36.5 Å². The molecule has 15 heteroatoms. The van der Waals surface area contributed by atoms with E-state index in [1.807, 2.05) is 0 Å². The third-order valence-corrected chi connectivity index (χ3v) is 5.19. The Morgan fingerprint density at radius 3 is 2.35 bits per heavy atom. The highest BCUT2D eigenvalue weighted by atomic mass is 32.2. The molecule has 2 heterocycles. The van der Waals surface area contributed by atoms with Crippen molar-refractivity contribution in [3.8, 4) is 11.5 Å². The van der Waals surface area contributed by atoms with Gasteiger partial charge in [-0.2, -0.15) is 12.8 Å². The summed E-state index contributed by atoms with van der Waals surface area (Å²) in [5.74, 6) is -7.29. The summed E-state index contributed by atoms with van der Waals surface area (Å²) in [6.07, 6.45) is -9.19. The van der Waals surface area contributed by atoms with Crippen molar-refractivity contribution in [3.05, 3.63) is 33.7 Å². The van der Waals surface area contributed by atoms with Gasteiger partial charge in [0, 0.05) is 10.9 Å². The maximum atomic E-state index is 14.2. The fourth-order valence-corrected chi connectivity index (χ4v) is 3.68. The first kappa shape index (κ1) is 23.3. The molecule has 0 saturated carbocycles. The molecule has 5 atom stereocenters. The highest BCUT2D eigenvalue weighted by molar-refractivity contribution is 7.85. The normalized spacial score (nSPS) is 26.9. The van der Waals surface area contributed by atoms with Crippen molar-refractivity contribution in [2.24, 2.45) is 0 Å². The summed E-state index contributed by atoms with van der Waals surface area (Å²) in [6, 6.07) is 0.414. The van der Waals surface area contributed by atoms with Crippen LogP contribution in [0.25, 0.3) is 11.0 Å². The zero-order valence-electron chi connectivity index (χ0n) is 15.2. The lowest BCUT2D eigenvalue weighted by molar-refractivity contribution is -0.277. The Kier molecular flexibility index (Phi) is 6.21. The van der Waals surface area contributed by atoms with Gasteiger partial charge in [-0.3, -0.25) is 4.55 Å². The second-order valence-corrected chi connectivity index (χ2v) is 8.09. The topological polar surface area (TPSA) is 204 Å². The summed E-state index contributed by atoms with van der Waals surface area (Å²) >= 11 is 0. The number of benzene rings is 1. The molecule has 1 aliphatic rings. The first-order chi connectivity index (χ1) is 14.4. The second-order valence-electron chi connectivity index (χ2n) is 6.64. The van der Waals surface area contributed by atoms with Crippen molar-refractivity contribution in [1.82, 2.24) is 0 Å². The lowest BCUT2D eigenvalue weighted by atomic mass is 9.99. The molecule has 0 bridgehead atoms. The largest absolute Gasteiger partial charge is 0.503 e. The van der Waals surface area contributed by atoms with Crippen LogP contribution in [0.2, 0.25) is 0 Å². The molecule has 3 rings (SSSR count). The molecule has 1 aromatic heterocycles. The van der Waals surface area contributed by atoms with Gasteiger partial charge in [0.25, 0.3) is 10.1 Å². The van der Waals surface area contributed by atoms with Crippen LogP contribution >= 0.6 is 0 Å². The maximum absolute atomic E-state index is 14.2. The van der Waals surface area contributed by atoms with E-state index in [0.717, 1.165) is 0 Å². The Morgan fingerprint density at radius 2 is 1.77 bits per heavy atom. The molecule has 0 amide bonds. The maximum Gasteiger partial charge on any atom is 0.379 e. The Bertz CT molecular complexity index is 1160. The first-order valence-electron chi connectivity index (χ1n) is 8.44. The number of fused-ring (bicyclic) bond motifs is 1. The van der Waals surface area contributed by atoms with E-state index < -0.39 is 98.5 Å². The minimum atomic E-state index is -4.93. The average molecular weight is 470 g/mol. The van der Waals surface area contributed by atoms with Crippen LogP contribution in [0.1, 0.15) is 5.56 Å². The van der Waals surface area contributed by atoms with E-state index in [0.29, 0.717) is 6.07 Å². The van der Waals surface area contributed by atoms with Crippen molar-refractivity contribution in [2.75, 3.05) is 6.61 Å². The molecule has 1 fully saturated rings. The zero-order valence-corrected chi connectivity index (χ0v) is 16.0. The molecular weight excluding hydrogens is 454 g/mol. The van der Waals surface area contributed by atoms with E-state index in [9.17, 15) is 52.1 Å². The van der Waals surface area contributed by atoms with Crippen LogP contribution in [0.4, 0.5) is 8.78 Å². The first-order valence-corrected chi connectivity index (χ1v) is 10.1. The molecule has 12 nitrogen and oxygen atoms in total. The lowest BCUT2D eigenvalue weighted by Gasteiger charge is -2.39. The third-order valence-electron chi connectivity index (χ3n) is 4.54. The number of hydrogen-bond acceptors (Lipinski definition) is 11. The van der Waals surface area contributed by atoms with E-state index in [2.05, 4.69) is 4.42 Å². The van der Waals surface area contributed by atoms with Crippen molar-refractivity contribution >= 4 is 21.1 Å². The van der Waals surface area contributed by atoms with E-state index in [1.54, 1.807) is 0 Å². The van der Waals surface area contributed by atoms with Crippen LogP contribution in [0.5, 0.6) is 11.5 Å². The minimum Gasteiger partial charge on any atom is -0.503 e. The fourth-order valence-electron chi connectivity index (χ4n) is 3.03. The Hall–Kier alpha value is -2.40. The summed E-state index contributed by atoms with van der Waals surface area (Å²) in [6.45, 7) is -0.856. The summed E-state index contributed by atoms with van der Waals surface area (Å²) < 4.78 is 74.9. The second kappa shape index (κ2) is 8.27. The molecule has 1 aromatic carbocycles. The van der Waals surface area contributed by atoms with Gasteiger partial charge < -0.3 is 39.4 Å². The summed E-state index contributed by atoms with van der Waals surface area (Å²) in [7, 11) is -4.93. The molecule has 2 aromatic rings. The monoisotopic (exact) mass is 470 g/mol. The van der Waals surface area contributed by atoms with Crippen LogP contribution in [-0.4, -0.2) is 75.8 Å². The van der Waals surface area contributed by atoms with Crippen LogP contribution in [0, 0.1) is 11.6 Å². The van der Waals surface area contributed by atoms with Gasteiger partial charge in [0.2, 0.25) is 17.9 Å². The van der Waals surface area contributed by atoms with Crippen LogP contribution in [0.3, 0.4) is 0 Å². The fraction of sp³-hybridized carbons (Fsp3) is 0.438. The lowest BCUT2D eigenvalue weighted by Crippen LogP contribution is -2.60. The van der Waals surface area contributed by atoms with Gasteiger partial charge in [0.15, 0.2) is 17.1 Å². The Balaban J connectivity index is 2.20. The Labute approximate surface area is 171 Å². The quantitative estimate of drug-likeness (QED) is 0.215. The van der Waals surface area contributed by atoms with Crippen molar-refractivity contribution in [3.63, 3.8) is 0 Å². The van der Waals surface area contributed by atoms with Gasteiger partial charge in [-0.25, -0.2) is 9.18 Å². The highest BCUT2D eigenvalue weighted by Gasteiger charge is 2.45. The van der Waals surface area contributed by atoms with Crippen LogP contribution in [-0.2, 0) is 20.6 Å².